The standard InChI is InChI=1S/C74H98N12O12S/c1-71(2,3)96-46-61(85-63(88)55(75)42-49-33-35-54(36-34-49)97-72(4,5)6)68(93)81-57(39-41-99-10)65(90)80-56(37-38-62(87)98-73(7,8)9)64(89)84-60(67(92)83-59(43-48-24-15-11-16-25-48)66(91)82-58(69(94)95)32-23-40-78-70(76)77)44-53-45-86(47-79-53)74(50-26-17-12-18-27-50,51-28-19-13-20-29-51)52-30-21-14-22-31-52/h11-22,24-31,33-36,45,47,55-61H,23,32,37-44,46,75H2,1-10H3,(H,80,90)(H,81,93)(H,82,91)(H,83,92)(H,84,89)(H,85,88)(H,94,95)(H4,76,77,78)/t55-,56-,57-,58-,59-,60-,61-/m0/s1. The summed E-state index contributed by atoms with van der Waals surface area (Å²) in [7, 11) is 0. The molecule has 24 nitrogen and oxygen atoms in total. The van der Waals surface area contributed by atoms with Crippen molar-refractivity contribution >= 4 is 65.1 Å². The van der Waals surface area contributed by atoms with E-state index >= 15 is 9.59 Å². The third-order valence-electron chi connectivity index (χ3n) is 15.5. The number of carboxylic acids is 1. The van der Waals surface area contributed by atoms with Crippen molar-refractivity contribution in [2.45, 2.75) is 178 Å². The van der Waals surface area contributed by atoms with Crippen LogP contribution in [-0.2, 0) is 72.6 Å². The van der Waals surface area contributed by atoms with Crippen LogP contribution in [0.5, 0.6) is 5.75 Å². The molecule has 6 rings (SSSR count). The van der Waals surface area contributed by atoms with E-state index in [9.17, 15) is 33.9 Å². The highest BCUT2D eigenvalue weighted by Gasteiger charge is 2.40. The van der Waals surface area contributed by atoms with Gasteiger partial charge in [0.05, 0.1) is 30.3 Å². The van der Waals surface area contributed by atoms with Gasteiger partial charge in [0.1, 0.15) is 58.7 Å². The third kappa shape index (κ3) is 25.3. The fourth-order valence-electron chi connectivity index (χ4n) is 10.9. The van der Waals surface area contributed by atoms with Gasteiger partial charge in [0.25, 0.3) is 0 Å². The molecule has 0 aliphatic carbocycles. The van der Waals surface area contributed by atoms with Crippen LogP contribution in [0.1, 0.15) is 128 Å². The van der Waals surface area contributed by atoms with E-state index in [0.29, 0.717) is 17.1 Å². The molecule has 0 unspecified atom stereocenters. The zero-order valence-corrected chi connectivity index (χ0v) is 59.0. The van der Waals surface area contributed by atoms with Crippen molar-refractivity contribution in [3.63, 3.8) is 0 Å². The SMILES string of the molecule is CSCC[C@H](NC(=O)[C@H](COC(C)(C)C)NC(=O)[C@@H](N)Cc1ccc(OC(C)(C)C)cc1)C(=O)N[C@@H](CCC(=O)OC(C)(C)C)C(=O)N[C@@H](Cc1cn(C(c2ccccc2)(c2ccccc2)c2ccccc2)cn1)C(=O)N[C@@H](Cc1ccccc1)C(=O)N[C@@H](CCCNC(=N)N)C(=O)O. The van der Waals surface area contributed by atoms with Crippen LogP contribution in [0.4, 0.5) is 0 Å². The maximum Gasteiger partial charge on any atom is 0.326 e. The van der Waals surface area contributed by atoms with Crippen molar-refractivity contribution in [3.05, 3.63) is 192 Å². The first-order valence-corrected chi connectivity index (χ1v) is 34.5. The number of carbonyl (C=O) groups is 8. The number of nitrogens with two attached hydrogens (primary N) is 2. The summed E-state index contributed by atoms with van der Waals surface area (Å²) in [5.41, 5.74) is 12.9. The normalized spacial score (nSPS) is 13.9. The van der Waals surface area contributed by atoms with Crippen molar-refractivity contribution in [3.8, 4) is 5.75 Å². The Morgan fingerprint density at radius 2 is 1.00 bits per heavy atom. The van der Waals surface area contributed by atoms with Crippen molar-refractivity contribution < 1.29 is 57.7 Å². The average Bonchev–Trinajstić information content (AvgIpc) is 1.73. The van der Waals surface area contributed by atoms with Crippen LogP contribution in [0.2, 0.25) is 0 Å². The van der Waals surface area contributed by atoms with Gasteiger partial charge in [0, 0.05) is 32.0 Å². The molecule has 532 valence electrons. The summed E-state index contributed by atoms with van der Waals surface area (Å²) in [4.78, 5) is 120. The number of aliphatic carboxylic acids is 1. The second kappa shape index (κ2) is 36.8. The first-order chi connectivity index (χ1) is 46.8. The van der Waals surface area contributed by atoms with Crippen LogP contribution in [-0.4, -0.2) is 152 Å². The highest BCUT2D eigenvalue weighted by Crippen LogP contribution is 2.41. The Morgan fingerprint density at radius 1 is 0.545 bits per heavy atom. The number of thioether (sulfide) groups is 1. The van der Waals surface area contributed by atoms with E-state index in [1.54, 1.807) is 115 Å². The van der Waals surface area contributed by atoms with Gasteiger partial charge < -0.3 is 72.6 Å². The van der Waals surface area contributed by atoms with Gasteiger partial charge in [0.2, 0.25) is 35.4 Å². The number of carbonyl (C=O) groups excluding carboxylic acids is 7. The summed E-state index contributed by atoms with van der Waals surface area (Å²) in [5.74, 6) is -6.51. The van der Waals surface area contributed by atoms with Crippen molar-refractivity contribution in [2.75, 3.05) is 25.2 Å². The van der Waals surface area contributed by atoms with Crippen LogP contribution < -0.4 is 53.4 Å². The number of aromatic nitrogens is 2. The highest BCUT2D eigenvalue weighted by molar-refractivity contribution is 7.98. The lowest BCUT2D eigenvalue weighted by molar-refractivity contribution is -0.155. The second-order valence-electron chi connectivity index (χ2n) is 27.2. The number of hydrogen-bond donors (Lipinski definition) is 11. The predicted molar refractivity (Wildman–Crippen MR) is 381 cm³/mol. The zero-order chi connectivity index (χ0) is 72.5. The van der Waals surface area contributed by atoms with Crippen molar-refractivity contribution in [1.82, 2.24) is 46.8 Å². The Hall–Kier alpha value is -9.59. The molecule has 0 aliphatic heterocycles. The number of amides is 6. The largest absolute Gasteiger partial charge is 0.488 e. The molecule has 6 amide bonds. The molecule has 0 saturated heterocycles. The van der Waals surface area contributed by atoms with Gasteiger partial charge in [-0.15, -0.1) is 0 Å². The lowest BCUT2D eigenvalue weighted by Gasteiger charge is -2.37. The first kappa shape index (κ1) is 78.4. The molecule has 6 aromatic rings. The summed E-state index contributed by atoms with van der Waals surface area (Å²) in [6, 6.07) is 35.1. The minimum absolute atomic E-state index is 0.0153. The molecule has 1 aromatic heterocycles. The van der Waals surface area contributed by atoms with Crippen LogP contribution in [0.25, 0.3) is 0 Å². The minimum atomic E-state index is -1.62. The van der Waals surface area contributed by atoms with E-state index in [-0.39, 0.29) is 69.8 Å². The summed E-state index contributed by atoms with van der Waals surface area (Å²) < 4.78 is 19.6. The van der Waals surface area contributed by atoms with Crippen molar-refractivity contribution in [1.29, 1.82) is 5.41 Å². The van der Waals surface area contributed by atoms with E-state index in [1.165, 1.54) is 11.8 Å². The molecule has 0 radical (unpaired) electrons. The summed E-state index contributed by atoms with van der Waals surface area (Å²) in [6.45, 7) is 15.9. The Kier molecular flexibility index (Phi) is 29.2. The van der Waals surface area contributed by atoms with Gasteiger partial charge in [-0.25, -0.2) is 9.78 Å². The maximum absolute atomic E-state index is 15.4. The number of nitrogens with one attached hydrogen (secondary N) is 8. The maximum atomic E-state index is 15.4. The number of carboxylic acid groups (broad SMARTS) is 1. The molecule has 0 spiro atoms. The molecule has 13 N–H and O–H groups in total. The molecule has 0 fully saturated rings. The van der Waals surface area contributed by atoms with Gasteiger partial charge in [-0.3, -0.25) is 39.0 Å². The van der Waals surface area contributed by atoms with Gasteiger partial charge in [-0.2, -0.15) is 11.8 Å². The quantitative estimate of drug-likeness (QED) is 0.00685. The molecule has 5 aromatic carbocycles. The van der Waals surface area contributed by atoms with Crippen LogP contribution >= 0.6 is 11.8 Å². The van der Waals surface area contributed by atoms with E-state index in [4.69, 9.17) is 36.1 Å². The lowest BCUT2D eigenvalue weighted by Crippen LogP contribution is -2.61. The number of imidazole rings is 1. The van der Waals surface area contributed by atoms with Gasteiger partial charge in [-0.05, 0) is 146 Å². The number of guanidine groups is 1. The number of hydrogen-bond acceptors (Lipinski definition) is 15. The zero-order valence-electron chi connectivity index (χ0n) is 58.2. The first-order valence-electron chi connectivity index (χ1n) is 33.1. The number of nitrogens with zero attached hydrogens (tertiary/aromatic N) is 2. The molecule has 25 heteroatoms. The molecular weight excluding hydrogens is 1280 g/mol. The van der Waals surface area contributed by atoms with E-state index in [0.717, 1.165) is 22.3 Å². The Bertz CT molecular complexity index is 3520. The molecule has 0 saturated carbocycles. The Labute approximate surface area is 584 Å². The Balaban J connectivity index is 1.39. The van der Waals surface area contributed by atoms with E-state index in [2.05, 4.69) is 37.2 Å². The topological polar surface area (TPSA) is 362 Å². The molecule has 0 bridgehead atoms. The summed E-state index contributed by atoms with van der Waals surface area (Å²) in [6.07, 6.45) is 4.13. The van der Waals surface area contributed by atoms with Gasteiger partial charge in [0.15, 0.2) is 5.96 Å². The van der Waals surface area contributed by atoms with E-state index < -0.39 is 118 Å². The molecular formula is C74H98N12O12S. The second-order valence-corrected chi connectivity index (χ2v) is 28.1. The number of esters is 1. The van der Waals surface area contributed by atoms with Gasteiger partial charge >= 0.3 is 11.9 Å². The minimum Gasteiger partial charge on any atom is -0.488 e. The monoisotopic (exact) mass is 1380 g/mol. The average molecular weight is 1380 g/mol. The van der Waals surface area contributed by atoms with Crippen LogP contribution in [0.3, 0.4) is 0 Å². The number of ether oxygens (including phenoxy) is 3. The van der Waals surface area contributed by atoms with Crippen LogP contribution in [0.15, 0.2) is 158 Å². The van der Waals surface area contributed by atoms with Crippen molar-refractivity contribution in [2.24, 2.45) is 11.5 Å². The molecule has 99 heavy (non-hydrogen) atoms. The highest BCUT2D eigenvalue weighted by atomic mass is 32.2. The fourth-order valence-corrected chi connectivity index (χ4v) is 11.4. The number of benzene rings is 5. The summed E-state index contributed by atoms with van der Waals surface area (Å²) >= 11 is 1.37. The number of rotatable bonds is 36. The lowest BCUT2D eigenvalue weighted by atomic mass is 9.77. The van der Waals surface area contributed by atoms with Gasteiger partial charge in [-0.1, -0.05) is 133 Å². The summed E-state index contributed by atoms with van der Waals surface area (Å²) in [5, 5.41) is 36.9. The molecule has 1 heterocycles. The predicted octanol–water partition coefficient (Wildman–Crippen LogP) is 6.20. The molecule has 0 aliphatic rings. The van der Waals surface area contributed by atoms with E-state index in [1.807, 2.05) is 116 Å². The Morgan fingerprint density at radius 3 is 1.48 bits per heavy atom. The fraction of sp³-hybridized carbons (Fsp3) is 0.432. The third-order valence-corrected chi connectivity index (χ3v) is 16.2. The smallest absolute Gasteiger partial charge is 0.326 e. The van der Waals surface area contributed by atoms with Crippen LogP contribution in [0, 0.1) is 5.41 Å². The molecule has 7 atom stereocenters.